The number of aryl methyl sites for hydroxylation is 1. The van der Waals surface area contributed by atoms with Gasteiger partial charge in [-0.05, 0) is 41.3 Å². The van der Waals surface area contributed by atoms with E-state index in [2.05, 4.69) is 50.7 Å². The summed E-state index contributed by atoms with van der Waals surface area (Å²) < 4.78 is 3.61. The zero-order chi connectivity index (χ0) is 24.2. The first-order valence-corrected chi connectivity index (χ1v) is 11.6. The van der Waals surface area contributed by atoms with Crippen molar-refractivity contribution >= 4 is 17.5 Å². The number of para-hydroxylation sites is 1. The van der Waals surface area contributed by atoms with E-state index in [0.29, 0.717) is 23.1 Å². The Balaban J connectivity index is 1.30. The monoisotopic (exact) mass is 482 g/mol. The normalized spacial score (nSPS) is 10.9. The summed E-state index contributed by atoms with van der Waals surface area (Å²) in [5.74, 6) is 0.340. The molecule has 0 saturated carbocycles. The highest BCUT2D eigenvalue weighted by molar-refractivity contribution is 6.32. The molecule has 8 heteroatoms. The number of hydrogen-bond acceptors (Lipinski definition) is 4. The quantitative estimate of drug-likeness (QED) is 0.351. The third-order valence-electron chi connectivity index (χ3n) is 5.70. The number of nitrogens with one attached hydrogen (secondary N) is 1. The van der Waals surface area contributed by atoms with E-state index in [9.17, 15) is 4.79 Å². The van der Waals surface area contributed by atoms with Crippen LogP contribution in [0.2, 0.25) is 5.02 Å². The van der Waals surface area contributed by atoms with Crippen LogP contribution < -0.4 is 5.32 Å². The Morgan fingerprint density at radius 2 is 1.77 bits per heavy atom. The molecule has 0 fully saturated rings. The molecule has 1 N–H and O–H groups in total. The maximum atomic E-state index is 12.9. The molecule has 3 aromatic carbocycles. The van der Waals surface area contributed by atoms with Gasteiger partial charge < -0.3 is 9.88 Å². The van der Waals surface area contributed by atoms with Gasteiger partial charge in [-0.1, -0.05) is 72.3 Å². The minimum Gasteiger partial charge on any atom is -0.345 e. The molecule has 1 amide bonds. The predicted octanol–water partition coefficient (Wildman–Crippen LogP) is 5.07. The van der Waals surface area contributed by atoms with Crippen molar-refractivity contribution in [2.24, 2.45) is 0 Å². The number of aromatic nitrogens is 5. The van der Waals surface area contributed by atoms with Crippen molar-refractivity contribution < 1.29 is 4.79 Å². The Bertz CT molecular complexity index is 1460. The summed E-state index contributed by atoms with van der Waals surface area (Å²) in [6.45, 7) is 2.91. The Labute approximate surface area is 208 Å². The van der Waals surface area contributed by atoms with Crippen LogP contribution in [0.4, 0.5) is 0 Å². The molecule has 0 saturated heterocycles. The highest BCUT2D eigenvalue weighted by Crippen LogP contribution is 2.25. The molecule has 7 nitrogen and oxygen atoms in total. The van der Waals surface area contributed by atoms with E-state index in [1.165, 1.54) is 5.56 Å². The van der Waals surface area contributed by atoms with Crippen molar-refractivity contribution in [1.82, 2.24) is 29.6 Å². The fraction of sp³-hybridized carbons (Fsp3) is 0.111. The summed E-state index contributed by atoms with van der Waals surface area (Å²) in [4.78, 5) is 21.3. The Kier molecular flexibility index (Phi) is 6.41. The Morgan fingerprint density at radius 1 is 1.00 bits per heavy atom. The SMILES string of the molecule is Cc1nc(C(=O)NCc2ccccc2-c2ccc(Cn3ccnc3)cc2)nn1-c1ccccc1Cl. The van der Waals surface area contributed by atoms with Crippen LogP contribution in [-0.4, -0.2) is 30.2 Å². The van der Waals surface area contributed by atoms with Crippen molar-refractivity contribution in [1.29, 1.82) is 0 Å². The molecule has 0 aliphatic heterocycles. The molecule has 174 valence electrons. The number of amides is 1. The van der Waals surface area contributed by atoms with Crippen molar-refractivity contribution in [3.05, 3.63) is 119 Å². The summed E-state index contributed by atoms with van der Waals surface area (Å²) in [5, 5.41) is 7.87. The van der Waals surface area contributed by atoms with Crippen molar-refractivity contribution in [3.63, 3.8) is 0 Å². The van der Waals surface area contributed by atoms with Gasteiger partial charge in [0.25, 0.3) is 5.91 Å². The number of rotatable bonds is 7. The zero-order valence-corrected chi connectivity index (χ0v) is 19.9. The third kappa shape index (κ3) is 5.00. The van der Waals surface area contributed by atoms with Gasteiger partial charge in [0.15, 0.2) is 0 Å². The van der Waals surface area contributed by atoms with Crippen molar-refractivity contribution in [2.45, 2.75) is 20.0 Å². The van der Waals surface area contributed by atoms with E-state index in [4.69, 9.17) is 11.6 Å². The van der Waals surface area contributed by atoms with Gasteiger partial charge in [-0.25, -0.2) is 14.6 Å². The number of benzene rings is 3. The number of imidazole rings is 1. The number of carbonyl (C=O) groups excluding carboxylic acids is 1. The largest absolute Gasteiger partial charge is 0.345 e. The Morgan fingerprint density at radius 3 is 2.54 bits per heavy atom. The van der Waals surface area contributed by atoms with Gasteiger partial charge in [-0.3, -0.25) is 4.79 Å². The van der Waals surface area contributed by atoms with Gasteiger partial charge in [0, 0.05) is 25.5 Å². The molecule has 0 unspecified atom stereocenters. The van der Waals surface area contributed by atoms with Crippen LogP contribution in [0, 0.1) is 6.92 Å². The lowest BCUT2D eigenvalue weighted by Gasteiger charge is -2.11. The van der Waals surface area contributed by atoms with Crippen molar-refractivity contribution in [3.8, 4) is 16.8 Å². The van der Waals surface area contributed by atoms with Crippen molar-refractivity contribution in [2.75, 3.05) is 0 Å². The fourth-order valence-electron chi connectivity index (χ4n) is 3.93. The van der Waals surface area contributed by atoms with E-state index in [0.717, 1.165) is 23.2 Å². The maximum absolute atomic E-state index is 12.9. The number of carbonyl (C=O) groups is 1. The molecule has 0 spiro atoms. The highest BCUT2D eigenvalue weighted by Gasteiger charge is 2.17. The van der Waals surface area contributed by atoms with E-state index < -0.39 is 0 Å². The van der Waals surface area contributed by atoms with Crippen LogP contribution in [0.15, 0.2) is 91.5 Å². The molecule has 35 heavy (non-hydrogen) atoms. The molecule has 2 aromatic heterocycles. The summed E-state index contributed by atoms with van der Waals surface area (Å²) in [6, 6.07) is 23.8. The molecule has 0 bridgehead atoms. The molecule has 0 aliphatic carbocycles. The number of hydrogen-bond donors (Lipinski definition) is 1. The summed E-state index contributed by atoms with van der Waals surface area (Å²) >= 11 is 6.29. The molecular weight excluding hydrogens is 460 g/mol. The van der Waals surface area contributed by atoms with Crippen LogP contribution in [0.25, 0.3) is 16.8 Å². The average Bonchev–Trinajstić information content (AvgIpc) is 3.53. The number of nitrogens with zero attached hydrogens (tertiary/aromatic N) is 5. The van der Waals surface area contributed by atoms with Crippen LogP contribution in [0.5, 0.6) is 0 Å². The standard InChI is InChI=1S/C27H23ClN6O/c1-19-31-26(32-34(19)25-9-5-4-8-24(25)28)27(35)30-16-22-6-2-3-7-23(22)21-12-10-20(11-13-21)17-33-15-14-29-18-33/h2-15,18H,16-17H2,1H3,(H,30,35). The molecular formula is C27H23ClN6O. The average molecular weight is 483 g/mol. The second-order valence-corrected chi connectivity index (χ2v) is 8.52. The lowest BCUT2D eigenvalue weighted by molar-refractivity contribution is 0.0940. The molecule has 5 rings (SSSR count). The molecule has 0 atom stereocenters. The maximum Gasteiger partial charge on any atom is 0.291 e. The first kappa shape index (κ1) is 22.6. The summed E-state index contributed by atoms with van der Waals surface area (Å²) in [6.07, 6.45) is 5.52. The minimum absolute atomic E-state index is 0.101. The van der Waals surface area contributed by atoms with Crippen LogP contribution >= 0.6 is 11.6 Å². The first-order valence-electron chi connectivity index (χ1n) is 11.2. The summed E-state index contributed by atoms with van der Waals surface area (Å²) in [5.41, 5.74) is 5.02. The van der Waals surface area contributed by atoms with Crippen LogP contribution in [0.1, 0.15) is 27.6 Å². The van der Waals surface area contributed by atoms with Gasteiger partial charge in [-0.15, -0.1) is 5.10 Å². The fourth-order valence-corrected chi connectivity index (χ4v) is 4.15. The third-order valence-corrected chi connectivity index (χ3v) is 6.02. The van der Waals surface area contributed by atoms with Gasteiger partial charge in [0.05, 0.1) is 17.0 Å². The topological polar surface area (TPSA) is 77.6 Å². The van der Waals surface area contributed by atoms with E-state index >= 15 is 0 Å². The second-order valence-electron chi connectivity index (χ2n) is 8.12. The summed E-state index contributed by atoms with van der Waals surface area (Å²) in [7, 11) is 0. The van der Waals surface area contributed by atoms with E-state index in [-0.39, 0.29) is 11.7 Å². The van der Waals surface area contributed by atoms with Gasteiger partial charge in [-0.2, -0.15) is 0 Å². The molecule has 5 aromatic rings. The molecule has 2 heterocycles. The van der Waals surface area contributed by atoms with E-state index in [1.54, 1.807) is 30.2 Å². The lowest BCUT2D eigenvalue weighted by atomic mass is 9.98. The smallest absolute Gasteiger partial charge is 0.291 e. The first-order chi connectivity index (χ1) is 17.1. The van der Waals surface area contributed by atoms with Crippen LogP contribution in [-0.2, 0) is 13.1 Å². The van der Waals surface area contributed by atoms with Gasteiger partial charge >= 0.3 is 0 Å². The number of halogens is 1. The second kappa shape index (κ2) is 9.95. The molecule has 0 radical (unpaired) electrons. The van der Waals surface area contributed by atoms with Gasteiger partial charge in [0.1, 0.15) is 5.82 Å². The van der Waals surface area contributed by atoms with E-state index in [1.807, 2.05) is 47.2 Å². The lowest BCUT2D eigenvalue weighted by Crippen LogP contribution is -2.24. The minimum atomic E-state index is -0.343. The zero-order valence-electron chi connectivity index (χ0n) is 19.1. The van der Waals surface area contributed by atoms with Crippen LogP contribution in [0.3, 0.4) is 0 Å². The predicted molar refractivity (Wildman–Crippen MR) is 135 cm³/mol. The highest BCUT2D eigenvalue weighted by atomic mass is 35.5. The Hall–Kier alpha value is -4.23. The molecule has 0 aliphatic rings. The van der Waals surface area contributed by atoms with Gasteiger partial charge in [0.2, 0.25) is 5.82 Å².